The van der Waals surface area contributed by atoms with Crippen molar-refractivity contribution in [3.63, 3.8) is 0 Å². The largest absolute Gasteiger partial charge is 0.360 e. The van der Waals surface area contributed by atoms with Crippen molar-refractivity contribution in [2.24, 2.45) is 0 Å². The first-order valence-corrected chi connectivity index (χ1v) is 4.55. The number of rotatable bonds is 3. The lowest BCUT2D eigenvalue weighted by Crippen LogP contribution is -2.13. The summed E-state index contributed by atoms with van der Waals surface area (Å²) in [5.74, 6) is 0.0495. The molecule has 0 radical (unpaired) electrons. The Kier molecular flexibility index (Phi) is 3.11. The lowest BCUT2D eigenvalue weighted by molar-refractivity contribution is -0.114. The molecule has 0 saturated carbocycles. The van der Waals surface area contributed by atoms with E-state index in [1.165, 1.54) is 6.92 Å². The number of amides is 1. The number of nitrogens with one attached hydrogen (secondary N) is 2. The molecule has 1 heterocycles. The van der Waals surface area contributed by atoms with Crippen molar-refractivity contribution in [2.75, 3.05) is 5.32 Å². The molecule has 5 nitrogen and oxygen atoms in total. The van der Waals surface area contributed by atoms with Gasteiger partial charge in [-0.1, -0.05) is 13.8 Å². The molecule has 5 heteroatoms. The van der Waals surface area contributed by atoms with Crippen LogP contribution in [0.4, 0.5) is 5.88 Å². The molecule has 0 bridgehead atoms. The summed E-state index contributed by atoms with van der Waals surface area (Å²) < 4.78 is 4.86. The van der Waals surface area contributed by atoms with Crippen LogP contribution in [0.25, 0.3) is 0 Å². The predicted octanol–water partition coefficient (Wildman–Crippen LogP) is 1.44. The first-order valence-electron chi connectivity index (χ1n) is 4.55. The highest BCUT2D eigenvalue weighted by atomic mass is 16.5. The van der Waals surface area contributed by atoms with Gasteiger partial charge in [0.25, 0.3) is 5.56 Å². The smallest absolute Gasteiger partial charge is 0.285 e. The van der Waals surface area contributed by atoms with Crippen LogP contribution in [-0.2, 0) is 4.79 Å². The van der Waals surface area contributed by atoms with Crippen LogP contribution in [0, 0.1) is 0 Å². The van der Waals surface area contributed by atoms with Crippen molar-refractivity contribution in [3.05, 3.63) is 15.9 Å². The molecule has 2 N–H and O–H groups in total. The number of H-pyrrole nitrogens is 1. The molecule has 1 rings (SSSR count). The molecular weight excluding hydrogens is 184 g/mol. The number of aromatic amines is 1. The van der Waals surface area contributed by atoms with Gasteiger partial charge in [0.05, 0.1) is 5.56 Å². The highest BCUT2D eigenvalue weighted by Gasteiger charge is 2.18. The van der Waals surface area contributed by atoms with E-state index < -0.39 is 0 Å². The molecule has 78 valence electrons. The quantitative estimate of drug-likeness (QED) is 0.771. The fourth-order valence-electron chi connectivity index (χ4n) is 1.21. The van der Waals surface area contributed by atoms with Crippen molar-refractivity contribution >= 4 is 11.8 Å². The zero-order valence-electron chi connectivity index (χ0n) is 8.51. The van der Waals surface area contributed by atoms with Crippen LogP contribution >= 0.6 is 0 Å². The second-order valence-corrected chi connectivity index (χ2v) is 3.27. The number of anilines is 1. The number of hydrogen-bond donors (Lipinski definition) is 2. The van der Waals surface area contributed by atoms with E-state index in [0.717, 1.165) is 6.42 Å². The molecule has 1 aromatic rings. The number of carbonyl (C=O) groups excluding carboxylic acids is 1. The van der Waals surface area contributed by atoms with E-state index in [9.17, 15) is 9.59 Å². The van der Waals surface area contributed by atoms with E-state index in [2.05, 4.69) is 10.5 Å². The molecule has 14 heavy (non-hydrogen) atoms. The Bertz CT molecular complexity index is 378. The van der Waals surface area contributed by atoms with Gasteiger partial charge in [-0.25, -0.2) is 0 Å². The summed E-state index contributed by atoms with van der Waals surface area (Å²) in [7, 11) is 0. The summed E-state index contributed by atoms with van der Waals surface area (Å²) in [6.45, 7) is 5.24. The number of hydrogen-bond acceptors (Lipinski definition) is 3. The predicted molar refractivity (Wildman–Crippen MR) is 52.3 cm³/mol. The minimum atomic E-state index is -0.275. The van der Waals surface area contributed by atoms with Crippen molar-refractivity contribution in [3.8, 4) is 0 Å². The lowest BCUT2D eigenvalue weighted by atomic mass is 10.0. The average Bonchev–Trinajstić information content (AvgIpc) is 2.45. The maximum atomic E-state index is 11.3. The molecule has 0 aliphatic carbocycles. The summed E-state index contributed by atoms with van der Waals surface area (Å²) in [5.41, 5.74) is 0.228. The van der Waals surface area contributed by atoms with Gasteiger partial charge in [0.1, 0.15) is 0 Å². The molecule has 1 aromatic heterocycles. The Morgan fingerprint density at radius 1 is 1.64 bits per heavy atom. The van der Waals surface area contributed by atoms with Gasteiger partial charge in [0.2, 0.25) is 11.8 Å². The van der Waals surface area contributed by atoms with Gasteiger partial charge in [-0.3, -0.25) is 14.9 Å². The first kappa shape index (κ1) is 10.6. The molecule has 0 spiro atoms. The Morgan fingerprint density at radius 2 is 2.29 bits per heavy atom. The maximum Gasteiger partial charge on any atom is 0.285 e. The molecule has 1 atom stereocenters. The highest BCUT2D eigenvalue weighted by Crippen LogP contribution is 2.22. The second-order valence-electron chi connectivity index (χ2n) is 3.27. The van der Waals surface area contributed by atoms with Crippen LogP contribution in [-0.4, -0.2) is 11.1 Å². The Balaban J connectivity index is 3.06. The summed E-state index contributed by atoms with van der Waals surface area (Å²) in [5, 5.41) is 4.69. The van der Waals surface area contributed by atoms with Gasteiger partial charge >= 0.3 is 0 Å². The Morgan fingerprint density at radius 3 is 2.79 bits per heavy atom. The van der Waals surface area contributed by atoms with E-state index in [0.29, 0.717) is 5.56 Å². The minimum absolute atomic E-state index is 0.0688. The zero-order chi connectivity index (χ0) is 10.7. The first-order chi connectivity index (χ1) is 6.56. The van der Waals surface area contributed by atoms with E-state index in [-0.39, 0.29) is 23.3 Å². The van der Waals surface area contributed by atoms with Crippen LogP contribution in [0.3, 0.4) is 0 Å². The van der Waals surface area contributed by atoms with E-state index in [1.54, 1.807) is 0 Å². The van der Waals surface area contributed by atoms with Crippen LogP contribution in [0.15, 0.2) is 9.32 Å². The minimum Gasteiger partial charge on any atom is -0.360 e. The highest BCUT2D eigenvalue weighted by molar-refractivity contribution is 5.87. The molecule has 0 fully saturated rings. The maximum absolute atomic E-state index is 11.3. The van der Waals surface area contributed by atoms with Crippen LogP contribution < -0.4 is 10.9 Å². The van der Waals surface area contributed by atoms with Crippen LogP contribution in [0.5, 0.6) is 0 Å². The molecule has 0 saturated heterocycles. The SMILES string of the molecule is CC[C@@H](C)c1c(NC(C)=O)o[nH]c1=O. The second kappa shape index (κ2) is 4.13. The topological polar surface area (TPSA) is 75.1 Å². The van der Waals surface area contributed by atoms with Crippen molar-refractivity contribution in [2.45, 2.75) is 33.1 Å². The van der Waals surface area contributed by atoms with E-state index >= 15 is 0 Å². The molecule has 0 aliphatic rings. The molecule has 1 amide bonds. The Labute approximate surface area is 81.5 Å². The van der Waals surface area contributed by atoms with Crippen molar-refractivity contribution < 1.29 is 9.32 Å². The summed E-state index contributed by atoms with van der Waals surface area (Å²) in [4.78, 5) is 22.1. The monoisotopic (exact) mass is 198 g/mol. The van der Waals surface area contributed by atoms with Gasteiger partial charge in [-0.2, -0.15) is 5.16 Å². The number of carbonyl (C=O) groups is 1. The van der Waals surface area contributed by atoms with Crippen LogP contribution in [0.2, 0.25) is 0 Å². The third kappa shape index (κ3) is 2.04. The third-order valence-electron chi connectivity index (χ3n) is 2.13. The van der Waals surface area contributed by atoms with Gasteiger partial charge in [0.15, 0.2) is 0 Å². The normalized spacial score (nSPS) is 12.5. The fourth-order valence-corrected chi connectivity index (χ4v) is 1.21. The van der Waals surface area contributed by atoms with Gasteiger partial charge < -0.3 is 4.52 Å². The number of aromatic nitrogens is 1. The van der Waals surface area contributed by atoms with Gasteiger partial charge in [-0.05, 0) is 12.3 Å². The summed E-state index contributed by atoms with van der Waals surface area (Å²) >= 11 is 0. The Hall–Kier alpha value is -1.52. The average molecular weight is 198 g/mol. The third-order valence-corrected chi connectivity index (χ3v) is 2.13. The molecule has 0 unspecified atom stereocenters. The summed E-state index contributed by atoms with van der Waals surface area (Å²) in [6, 6.07) is 0. The van der Waals surface area contributed by atoms with E-state index in [1.807, 2.05) is 13.8 Å². The van der Waals surface area contributed by atoms with Crippen molar-refractivity contribution in [1.29, 1.82) is 0 Å². The summed E-state index contributed by atoms with van der Waals surface area (Å²) in [6.07, 6.45) is 0.815. The molecular formula is C9H14N2O3. The lowest BCUT2D eigenvalue weighted by Gasteiger charge is -2.05. The van der Waals surface area contributed by atoms with Gasteiger partial charge in [0, 0.05) is 6.92 Å². The van der Waals surface area contributed by atoms with E-state index in [4.69, 9.17) is 4.52 Å². The fraction of sp³-hybridized carbons (Fsp3) is 0.556. The van der Waals surface area contributed by atoms with Crippen LogP contribution in [0.1, 0.15) is 38.7 Å². The van der Waals surface area contributed by atoms with Crippen molar-refractivity contribution in [1.82, 2.24) is 5.16 Å². The standard InChI is InChI=1S/C9H14N2O3/c1-4-5(2)7-8(13)11-14-9(7)10-6(3)12/h5H,4H2,1-3H3,(H,10,12)(H,11,13)/t5-/m1/s1. The van der Waals surface area contributed by atoms with Gasteiger partial charge in [-0.15, -0.1) is 0 Å². The molecule has 0 aromatic carbocycles. The molecule has 0 aliphatic heterocycles. The zero-order valence-corrected chi connectivity index (χ0v) is 8.51.